The van der Waals surface area contributed by atoms with E-state index in [-0.39, 0.29) is 0 Å². The Morgan fingerprint density at radius 2 is 1.59 bits per heavy atom. The van der Waals surface area contributed by atoms with Crippen LogP contribution in [0.1, 0.15) is 16.0 Å². The molecule has 3 N–H and O–H groups in total. The lowest BCUT2D eigenvalue weighted by Gasteiger charge is -2.01. The van der Waals surface area contributed by atoms with Crippen LogP contribution in [0.25, 0.3) is 10.4 Å². The number of thiophene rings is 1. The fourth-order valence-electron chi connectivity index (χ4n) is 2.53. The number of quaternary nitrogens is 1. The maximum Gasteiger partial charge on any atom is 0.526 e. The van der Waals surface area contributed by atoms with Gasteiger partial charge in [-0.25, -0.2) is 4.79 Å². The van der Waals surface area contributed by atoms with Crippen molar-refractivity contribution in [1.29, 1.82) is 0 Å². The van der Waals surface area contributed by atoms with Gasteiger partial charge in [-0.15, -0.1) is 11.3 Å². The van der Waals surface area contributed by atoms with Crippen molar-refractivity contribution in [2.75, 3.05) is 0 Å². The van der Waals surface area contributed by atoms with Gasteiger partial charge in [-0.1, -0.05) is 47.5 Å². The second-order valence-electron chi connectivity index (χ2n) is 5.48. The van der Waals surface area contributed by atoms with Gasteiger partial charge in [-0.2, -0.15) is 5.32 Å². The topological polar surface area (TPSA) is 38.0 Å². The number of hydrogen-bond acceptors (Lipinski definition) is 1. The largest absolute Gasteiger partial charge is 0.526 e. The van der Waals surface area contributed by atoms with Gasteiger partial charge >= 0.3 is 5.91 Å². The minimum atomic E-state index is 0.312. The van der Waals surface area contributed by atoms with E-state index >= 15 is 0 Å². The summed E-state index contributed by atoms with van der Waals surface area (Å²) in [5.41, 5.74) is 4.73. The van der Waals surface area contributed by atoms with Crippen LogP contribution < -0.4 is 5.32 Å². The van der Waals surface area contributed by atoms with Crippen molar-refractivity contribution in [2.24, 2.45) is 0 Å². The Hall–Kier alpha value is -2.23. The third kappa shape index (κ3) is 3.32. The van der Waals surface area contributed by atoms with Crippen molar-refractivity contribution in [3.63, 3.8) is 0 Å². The molecule has 2 nitrogen and oxygen atoms in total. The molecule has 1 heterocycles. The number of para-hydroxylation sites is 1. The number of aryl methyl sites for hydroxylation is 2. The molecule has 2 aromatic carbocycles. The van der Waals surface area contributed by atoms with E-state index in [1.54, 1.807) is 16.7 Å². The molecule has 1 amide bonds. The van der Waals surface area contributed by atoms with E-state index < -0.39 is 0 Å². The zero-order valence-electron chi connectivity index (χ0n) is 12.7. The van der Waals surface area contributed by atoms with Gasteiger partial charge in [0.05, 0.1) is 0 Å². The third-order valence-electron chi connectivity index (χ3n) is 3.47. The normalized spacial score (nSPS) is 10.6. The average Bonchev–Trinajstić information content (AvgIpc) is 2.97. The van der Waals surface area contributed by atoms with Crippen molar-refractivity contribution in [3.05, 3.63) is 76.7 Å². The quantitative estimate of drug-likeness (QED) is 0.565. The predicted molar refractivity (Wildman–Crippen MR) is 93.3 cm³/mol. The first-order valence-corrected chi connectivity index (χ1v) is 8.08. The van der Waals surface area contributed by atoms with E-state index in [9.17, 15) is 4.79 Å². The zero-order chi connectivity index (χ0) is 15.5. The third-order valence-corrected chi connectivity index (χ3v) is 4.62. The van der Waals surface area contributed by atoms with E-state index in [4.69, 9.17) is 0 Å². The van der Waals surface area contributed by atoms with Gasteiger partial charge in [0.15, 0.2) is 4.88 Å². The standard InChI is InChI=1S/C19H17NOS/c1-13-10-14(2)12-15(11-13)17-8-9-18(22-17)19(21)20-16-6-4-3-5-7-16/h3-12H,1-2H3,(H,20,21)/p+2. The lowest BCUT2D eigenvalue weighted by molar-refractivity contribution is -0.449. The second kappa shape index (κ2) is 6.26. The van der Waals surface area contributed by atoms with Crippen LogP contribution in [-0.4, -0.2) is 10.7 Å². The fourth-order valence-corrected chi connectivity index (χ4v) is 3.43. The van der Waals surface area contributed by atoms with Crippen molar-refractivity contribution in [3.8, 4) is 10.4 Å². The minimum Gasteiger partial charge on any atom is -0.226 e. The highest BCUT2D eigenvalue weighted by Crippen LogP contribution is 2.29. The molecule has 0 unspecified atom stereocenters. The lowest BCUT2D eigenvalue weighted by Crippen LogP contribution is -2.82. The molecule has 0 fully saturated rings. The summed E-state index contributed by atoms with van der Waals surface area (Å²) in [5.74, 6) is 0.312. The number of rotatable bonds is 3. The molecule has 3 heteroatoms. The van der Waals surface area contributed by atoms with Crippen LogP contribution in [0.15, 0.2) is 60.7 Å². The van der Waals surface area contributed by atoms with Gasteiger partial charge in [-0.3, -0.25) is 0 Å². The number of nitrogens with two attached hydrogens (primary N) is 1. The summed E-state index contributed by atoms with van der Waals surface area (Å²) in [4.78, 5) is 12.4. The number of benzene rings is 2. The zero-order valence-corrected chi connectivity index (χ0v) is 13.5. The van der Waals surface area contributed by atoms with Crippen LogP contribution in [-0.2, 0) is 0 Å². The van der Waals surface area contributed by atoms with Crippen molar-refractivity contribution in [1.82, 2.24) is 0 Å². The SMILES string of the molecule is Cc1cc(C)cc(-c2ccc(C(=[OH+])[NH2+]c3ccccc3)s2)c1. The average molecular weight is 309 g/mol. The molecule has 0 aliphatic carbocycles. The number of carbonyl (C=O) groups excluding carboxylic acids is 1. The Morgan fingerprint density at radius 1 is 0.909 bits per heavy atom. The molecule has 22 heavy (non-hydrogen) atoms. The second-order valence-corrected chi connectivity index (χ2v) is 6.56. The van der Waals surface area contributed by atoms with Crippen LogP contribution in [0.3, 0.4) is 0 Å². The summed E-state index contributed by atoms with van der Waals surface area (Å²) in [7, 11) is 0. The Bertz CT molecular complexity index is 785. The molecule has 1 aromatic heterocycles. The molecule has 110 valence electrons. The van der Waals surface area contributed by atoms with Gasteiger partial charge in [0.2, 0.25) is 0 Å². The molecular weight excluding hydrogens is 290 g/mol. The molecular formula is C19H19NOS+2. The Morgan fingerprint density at radius 3 is 2.27 bits per heavy atom. The van der Waals surface area contributed by atoms with Gasteiger partial charge in [0, 0.05) is 4.88 Å². The molecule has 0 aliphatic rings. The van der Waals surface area contributed by atoms with Gasteiger partial charge in [-0.05, 0) is 43.7 Å². The molecule has 0 saturated carbocycles. The summed E-state index contributed by atoms with van der Waals surface area (Å²) in [6.45, 7) is 4.22. The first-order chi connectivity index (χ1) is 10.6. The molecule has 0 saturated heterocycles. The molecule has 0 bridgehead atoms. The van der Waals surface area contributed by atoms with Crippen LogP contribution in [0.4, 0.5) is 5.69 Å². The van der Waals surface area contributed by atoms with Gasteiger partial charge in [0.25, 0.3) is 0 Å². The highest BCUT2D eigenvalue weighted by molar-refractivity contribution is 7.17. The molecule has 3 rings (SSSR count). The summed E-state index contributed by atoms with van der Waals surface area (Å²) in [6, 6.07) is 20.5. The predicted octanol–water partition coefficient (Wildman–Crippen LogP) is 3.78. The van der Waals surface area contributed by atoms with Crippen molar-refractivity contribution < 1.29 is 10.1 Å². The maximum atomic E-state index is 10.3. The summed E-state index contributed by atoms with van der Waals surface area (Å²) in [5, 5.41) is 1.80. The summed E-state index contributed by atoms with van der Waals surface area (Å²) < 4.78 is 0. The number of hydrogen-bond donors (Lipinski definition) is 1. The highest BCUT2D eigenvalue weighted by Gasteiger charge is 2.21. The van der Waals surface area contributed by atoms with Crippen LogP contribution in [0.5, 0.6) is 0 Å². The number of primary amides is 1. The van der Waals surface area contributed by atoms with Crippen LogP contribution >= 0.6 is 11.3 Å². The molecule has 0 aliphatic heterocycles. The summed E-state index contributed by atoms with van der Waals surface area (Å²) >= 11 is 1.61. The van der Waals surface area contributed by atoms with E-state index in [1.165, 1.54) is 21.6 Å². The molecule has 3 aromatic rings. The van der Waals surface area contributed by atoms with Crippen LogP contribution in [0.2, 0.25) is 0 Å². The van der Waals surface area contributed by atoms with Crippen LogP contribution in [0, 0.1) is 13.8 Å². The molecule has 0 spiro atoms. The van der Waals surface area contributed by atoms with E-state index in [0.29, 0.717) is 5.91 Å². The fraction of sp³-hybridized carbons (Fsp3) is 0.105. The van der Waals surface area contributed by atoms with Gasteiger partial charge in [0.1, 0.15) is 5.69 Å². The number of amides is 1. The lowest BCUT2D eigenvalue weighted by atomic mass is 10.1. The first-order valence-electron chi connectivity index (χ1n) is 7.26. The maximum absolute atomic E-state index is 10.3. The van der Waals surface area contributed by atoms with E-state index in [2.05, 4.69) is 38.1 Å². The minimum absolute atomic E-state index is 0.312. The molecule has 0 radical (unpaired) electrons. The smallest absolute Gasteiger partial charge is 0.226 e. The van der Waals surface area contributed by atoms with Gasteiger partial charge < -0.3 is 0 Å². The van der Waals surface area contributed by atoms with E-state index in [0.717, 1.165) is 10.6 Å². The summed E-state index contributed by atoms with van der Waals surface area (Å²) in [6.07, 6.45) is 0. The highest BCUT2D eigenvalue weighted by atomic mass is 32.1. The Kier molecular flexibility index (Phi) is 4.18. The first kappa shape index (κ1) is 14.7. The van der Waals surface area contributed by atoms with E-state index in [1.807, 2.05) is 36.4 Å². The monoisotopic (exact) mass is 309 g/mol. The Balaban J connectivity index is 1.83. The molecule has 0 atom stereocenters. The Labute approximate surface area is 134 Å². The van der Waals surface area contributed by atoms with Crippen molar-refractivity contribution >= 4 is 22.9 Å². The van der Waals surface area contributed by atoms with Crippen molar-refractivity contribution in [2.45, 2.75) is 13.8 Å².